The van der Waals surface area contributed by atoms with Gasteiger partial charge in [-0.3, -0.25) is 0 Å². The number of benzene rings is 2. The monoisotopic (exact) mass is 284 g/mol. The molecule has 0 fully saturated rings. The molecule has 102 valence electrons. The molecule has 2 aromatic carbocycles. The molecule has 0 radical (unpaired) electrons. The average molecular weight is 285 g/mol. The van der Waals surface area contributed by atoms with Gasteiger partial charge in [0.2, 0.25) is 0 Å². The second-order valence-electron chi connectivity index (χ2n) is 5.85. The number of fused-ring (bicyclic) bond motifs is 2. The van der Waals surface area contributed by atoms with Gasteiger partial charge in [0.1, 0.15) is 11.9 Å². The number of rotatable bonds is 2. The summed E-state index contributed by atoms with van der Waals surface area (Å²) in [6.07, 6.45) is 3.43. The Balaban J connectivity index is 1.48. The lowest BCUT2D eigenvalue weighted by atomic mass is 9.96. The van der Waals surface area contributed by atoms with E-state index in [1.807, 2.05) is 6.07 Å². The predicted molar refractivity (Wildman–Crippen MR) is 81.4 cm³/mol. The SMILES string of the molecule is ClC1c2ccccc2CC1CC1Cc2ccccc2O1. The summed E-state index contributed by atoms with van der Waals surface area (Å²) in [4.78, 5) is 0. The van der Waals surface area contributed by atoms with Crippen LogP contribution in [0.3, 0.4) is 0 Å². The zero-order chi connectivity index (χ0) is 13.5. The van der Waals surface area contributed by atoms with Crippen LogP contribution in [0.15, 0.2) is 48.5 Å². The first-order valence-corrected chi connectivity index (χ1v) is 7.71. The normalized spacial score (nSPS) is 26.9. The van der Waals surface area contributed by atoms with E-state index < -0.39 is 0 Å². The third-order valence-corrected chi connectivity index (χ3v) is 5.12. The zero-order valence-electron chi connectivity index (χ0n) is 11.3. The predicted octanol–water partition coefficient (Wildman–Crippen LogP) is 4.53. The molecule has 4 rings (SSSR count). The van der Waals surface area contributed by atoms with Crippen LogP contribution in [0.25, 0.3) is 0 Å². The van der Waals surface area contributed by atoms with E-state index in [1.54, 1.807) is 0 Å². The van der Waals surface area contributed by atoms with E-state index in [2.05, 4.69) is 42.5 Å². The van der Waals surface area contributed by atoms with Crippen molar-refractivity contribution in [3.05, 3.63) is 65.2 Å². The Labute approximate surface area is 124 Å². The minimum Gasteiger partial charge on any atom is -0.490 e. The van der Waals surface area contributed by atoms with Crippen LogP contribution >= 0.6 is 11.6 Å². The maximum absolute atomic E-state index is 6.64. The Kier molecular flexibility index (Phi) is 2.96. The zero-order valence-corrected chi connectivity index (χ0v) is 12.0. The first kappa shape index (κ1) is 12.3. The molecular weight excluding hydrogens is 268 g/mol. The van der Waals surface area contributed by atoms with Crippen molar-refractivity contribution in [2.45, 2.75) is 30.7 Å². The number of halogens is 1. The van der Waals surface area contributed by atoms with Gasteiger partial charge in [-0.05, 0) is 41.5 Å². The highest BCUT2D eigenvalue weighted by atomic mass is 35.5. The molecular formula is C18H17ClO. The minimum atomic E-state index is 0.138. The summed E-state index contributed by atoms with van der Waals surface area (Å²) in [5.74, 6) is 1.55. The molecule has 1 heterocycles. The Bertz CT molecular complexity index is 612. The van der Waals surface area contributed by atoms with Crippen LogP contribution in [0.5, 0.6) is 5.75 Å². The molecule has 2 heteroatoms. The van der Waals surface area contributed by atoms with Crippen molar-refractivity contribution < 1.29 is 4.74 Å². The third-order valence-electron chi connectivity index (χ3n) is 4.53. The van der Waals surface area contributed by atoms with E-state index >= 15 is 0 Å². The Morgan fingerprint density at radius 2 is 1.70 bits per heavy atom. The first-order chi connectivity index (χ1) is 9.81. The summed E-state index contributed by atoms with van der Waals surface area (Å²) in [5.41, 5.74) is 4.06. The van der Waals surface area contributed by atoms with Crippen molar-refractivity contribution in [1.29, 1.82) is 0 Å². The maximum atomic E-state index is 6.64. The van der Waals surface area contributed by atoms with Crippen molar-refractivity contribution >= 4 is 11.6 Å². The van der Waals surface area contributed by atoms with Gasteiger partial charge >= 0.3 is 0 Å². The van der Waals surface area contributed by atoms with Gasteiger partial charge in [0.25, 0.3) is 0 Å². The van der Waals surface area contributed by atoms with Crippen LogP contribution in [0.2, 0.25) is 0 Å². The van der Waals surface area contributed by atoms with Gasteiger partial charge < -0.3 is 4.74 Å². The van der Waals surface area contributed by atoms with Gasteiger partial charge in [-0.2, -0.15) is 0 Å². The van der Waals surface area contributed by atoms with Crippen molar-refractivity contribution in [3.63, 3.8) is 0 Å². The molecule has 0 aromatic heterocycles. The van der Waals surface area contributed by atoms with E-state index in [0.29, 0.717) is 5.92 Å². The van der Waals surface area contributed by atoms with Gasteiger partial charge in [0.15, 0.2) is 0 Å². The van der Waals surface area contributed by atoms with Crippen molar-refractivity contribution in [3.8, 4) is 5.75 Å². The van der Waals surface area contributed by atoms with Crippen LogP contribution in [-0.2, 0) is 12.8 Å². The number of alkyl halides is 1. The molecule has 1 nitrogen and oxygen atoms in total. The van der Waals surface area contributed by atoms with Crippen LogP contribution in [-0.4, -0.2) is 6.10 Å². The van der Waals surface area contributed by atoms with Gasteiger partial charge in [0.05, 0.1) is 5.38 Å². The molecule has 3 atom stereocenters. The summed E-state index contributed by atoms with van der Waals surface area (Å²) in [6.45, 7) is 0. The Morgan fingerprint density at radius 1 is 0.950 bits per heavy atom. The molecule has 20 heavy (non-hydrogen) atoms. The quantitative estimate of drug-likeness (QED) is 0.736. The van der Waals surface area contributed by atoms with Crippen molar-refractivity contribution in [1.82, 2.24) is 0 Å². The van der Waals surface area contributed by atoms with E-state index in [1.165, 1.54) is 16.7 Å². The highest BCUT2D eigenvalue weighted by Crippen LogP contribution is 2.44. The molecule has 0 saturated heterocycles. The van der Waals surface area contributed by atoms with Crippen molar-refractivity contribution in [2.24, 2.45) is 5.92 Å². The standard InChI is InChI=1S/C18H17ClO/c19-18-14(9-12-5-1-3-7-16(12)18)11-15-10-13-6-2-4-8-17(13)20-15/h1-8,14-15,18H,9-11H2. The van der Waals surface area contributed by atoms with Crippen LogP contribution < -0.4 is 4.74 Å². The topological polar surface area (TPSA) is 9.23 Å². The molecule has 2 aromatic rings. The summed E-state index contributed by atoms with van der Waals surface area (Å²) in [5, 5.41) is 0.138. The van der Waals surface area contributed by atoms with E-state index in [-0.39, 0.29) is 11.5 Å². The lowest BCUT2D eigenvalue weighted by Crippen LogP contribution is -2.19. The van der Waals surface area contributed by atoms with Gasteiger partial charge in [0, 0.05) is 6.42 Å². The summed E-state index contributed by atoms with van der Waals surface area (Å²) < 4.78 is 6.06. The summed E-state index contributed by atoms with van der Waals surface area (Å²) >= 11 is 6.64. The maximum Gasteiger partial charge on any atom is 0.123 e. The average Bonchev–Trinajstić information content (AvgIpc) is 3.01. The lowest BCUT2D eigenvalue weighted by molar-refractivity contribution is 0.194. The summed E-state index contributed by atoms with van der Waals surface area (Å²) in [6, 6.07) is 16.9. The largest absolute Gasteiger partial charge is 0.490 e. The van der Waals surface area contributed by atoms with Gasteiger partial charge in [-0.25, -0.2) is 0 Å². The smallest absolute Gasteiger partial charge is 0.123 e. The highest BCUT2D eigenvalue weighted by molar-refractivity contribution is 6.21. The number of para-hydroxylation sites is 1. The van der Waals surface area contributed by atoms with Crippen LogP contribution in [0, 0.1) is 5.92 Å². The first-order valence-electron chi connectivity index (χ1n) is 7.27. The van der Waals surface area contributed by atoms with Gasteiger partial charge in [-0.15, -0.1) is 11.6 Å². The molecule has 0 amide bonds. The lowest BCUT2D eigenvalue weighted by Gasteiger charge is -2.18. The molecule has 3 unspecified atom stereocenters. The highest BCUT2D eigenvalue weighted by Gasteiger charge is 2.34. The summed E-state index contributed by atoms with van der Waals surface area (Å²) in [7, 11) is 0. The Hall–Kier alpha value is -1.47. The number of hydrogen-bond acceptors (Lipinski definition) is 1. The molecule has 0 N–H and O–H groups in total. The van der Waals surface area contributed by atoms with E-state index in [4.69, 9.17) is 16.3 Å². The van der Waals surface area contributed by atoms with Gasteiger partial charge in [-0.1, -0.05) is 42.5 Å². The second kappa shape index (κ2) is 4.82. The minimum absolute atomic E-state index is 0.138. The fraction of sp³-hybridized carbons (Fsp3) is 0.333. The fourth-order valence-corrected chi connectivity index (χ4v) is 3.96. The molecule has 0 spiro atoms. The van der Waals surface area contributed by atoms with E-state index in [0.717, 1.165) is 25.0 Å². The second-order valence-corrected chi connectivity index (χ2v) is 6.32. The van der Waals surface area contributed by atoms with Crippen LogP contribution in [0.4, 0.5) is 0 Å². The fourth-order valence-electron chi connectivity index (χ4n) is 3.55. The van der Waals surface area contributed by atoms with E-state index in [9.17, 15) is 0 Å². The van der Waals surface area contributed by atoms with Crippen molar-refractivity contribution in [2.75, 3.05) is 0 Å². The Morgan fingerprint density at radius 3 is 2.50 bits per heavy atom. The third kappa shape index (κ3) is 2.01. The molecule has 0 saturated carbocycles. The van der Waals surface area contributed by atoms with Crippen LogP contribution in [0.1, 0.15) is 28.5 Å². The molecule has 1 aliphatic heterocycles. The molecule has 1 aliphatic carbocycles. The number of hydrogen-bond donors (Lipinski definition) is 0. The molecule has 2 aliphatic rings. The number of ether oxygens (including phenoxy) is 1. The molecule has 0 bridgehead atoms.